The number of nitrogen functional groups attached to an aromatic ring is 1. The fourth-order valence-electron chi connectivity index (χ4n) is 2.18. The van der Waals surface area contributed by atoms with Gasteiger partial charge in [0.15, 0.2) is 5.82 Å². The molecule has 3 rings (SSSR count). The van der Waals surface area contributed by atoms with Gasteiger partial charge < -0.3 is 11.5 Å². The average molecular weight is 229 g/mol. The number of fused-ring (bicyclic) bond motifs is 1. The summed E-state index contributed by atoms with van der Waals surface area (Å²) in [5.41, 5.74) is 13.4. The second-order valence-electron chi connectivity index (χ2n) is 4.38. The molecule has 2 heterocycles. The maximum atomic E-state index is 6.00. The lowest BCUT2D eigenvalue weighted by atomic mass is 10.1. The average Bonchev–Trinajstić information content (AvgIpc) is 2.74. The van der Waals surface area contributed by atoms with Gasteiger partial charge >= 0.3 is 0 Å². The molecule has 17 heavy (non-hydrogen) atoms. The fourth-order valence-corrected chi connectivity index (χ4v) is 2.18. The maximum Gasteiger partial charge on any atom is 0.181 e. The molecule has 1 aliphatic heterocycles. The Kier molecular flexibility index (Phi) is 2.33. The second-order valence-corrected chi connectivity index (χ2v) is 4.38. The van der Waals surface area contributed by atoms with Crippen molar-refractivity contribution < 1.29 is 0 Å². The Labute approximate surface area is 99.4 Å². The van der Waals surface area contributed by atoms with Crippen LogP contribution in [0.2, 0.25) is 0 Å². The normalized spacial score (nSPS) is 19.0. The number of hydrogen-bond donors (Lipinski definition) is 2. The van der Waals surface area contributed by atoms with E-state index in [1.165, 1.54) is 0 Å². The number of nitrogens with two attached hydrogens (primary N) is 2. The monoisotopic (exact) mass is 229 g/mol. The molecule has 2 aromatic rings. The standard InChI is InChI=1S/C12H15N5/c13-9-4-1-3-8(7-9)12-15-11-6-2-5-10(14)17(11)16-12/h1,3-4,7,10H,2,5-6,13-14H2. The molecule has 1 aromatic carbocycles. The number of nitrogens with zero attached hydrogens (tertiary/aromatic N) is 3. The van der Waals surface area contributed by atoms with Crippen LogP contribution in [-0.4, -0.2) is 14.8 Å². The Hall–Kier alpha value is -1.88. The zero-order chi connectivity index (χ0) is 11.8. The molecule has 0 radical (unpaired) electrons. The molecular weight excluding hydrogens is 214 g/mol. The summed E-state index contributed by atoms with van der Waals surface area (Å²) in [6.45, 7) is 0. The van der Waals surface area contributed by atoms with Crippen molar-refractivity contribution in [3.8, 4) is 11.4 Å². The minimum absolute atomic E-state index is 0.0407. The van der Waals surface area contributed by atoms with Crippen molar-refractivity contribution in [2.24, 2.45) is 5.73 Å². The largest absolute Gasteiger partial charge is 0.399 e. The highest BCUT2D eigenvalue weighted by atomic mass is 15.4. The highest BCUT2D eigenvalue weighted by Crippen LogP contribution is 2.24. The molecule has 1 aromatic heterocycles. The molecule has 4 N–H and O–H groups in total. The van der Waals surface area contributed by atoms with E-state index in [2.05, 4.69) is 10.1 Å². The molecule has 1 atom stereocenters. The van der Waals surface area contributed by atoms with E-state index in [4.69, 9.17) is 11.5 Å². The van der Waals surface area contributed by atoms with Crippen molar-refractivity contribution in [3.63, 3.8) is 0 Å². The van der Waals surface area contributed by atoms with Crippen molar-refractivity contribution in [2.45, 2.75) is 25.4 Å². The quantitative estimate of drug-likeness (QED) is 0.722. The van der Waals surface area contributed by atoms with Crippen molar-refractivity contribution >= 4 is 5.69 Å². The fraction of sp³-hybridized carbons (Fsp3) is 0.333. The van der Waals surface area contributed by atoms with Gasteiger partial charge in [-0.3, -0.25) is 0 Å². The molecular formula is C12H15N5. The predicted octanol–water partition coefficient (Wildman–Crippen LogP) is 1.32. The molecule has 5 nitrogen and oxygen atoms in total. The van der Waals surface area contributed by atoms with E-state index in [0.29, 0.717) is 5.82 Å². The summed E-state index contributed by atoms with van der Waals surface area (Å²) in [6, 6.07) is 7.60. The van der Waals surface area contributed by atoms with E-state index in [9.17, 15) is 0 Å². The van der Waals surface area contributed by atoms with Crippen molar-refractivity contribution in [1.29, 1.82) is 0 Å². The highest BCUT2D eigenvalue weighted by Gasteiger charge is 2.20. The molecule has 88 valence electrons. The summed E-state index contributed by atoms with van der Waals surface area (Å²) >= 11 is 0. The van der Waals surface area contributed by atoms with Gasteiger partial charge in [-0.2, -0.15) is 0 Å². The summed E-state index contributed by atoms with van der Waals surface area (Å²) in [6.07, 6.45) is 2.95. The van der Waals surface area contributed by atoms with Gasteiger partial charge in [0.1, 0.15) is 12.0 Å². The topological polar surface area (TPSA) is 82.8 Å². The lowest BCUT2D eigenvalue weighted by Crippen LogP contribution is -2.25. The van der Waals surface area contributed by atoms with Gasteiger partial charge in [-0.15, -0.1) is 5.10 Å². The minimum atomic E-state index is -0.0407. The van der Waals surface area contributed by atoms with Crippen LogP contribution in [-0.2, 0) is 6.42 Å². The SMILES string of the molecule is Nc1cccc(-c2nc3n(n2)C(N)CCC3)c1. The first kappa shape index (κ1) is 10.3. The minimum Gasteiger partial charge on any atom is -0.399 e. The predicted molar refractivity (Wildman–Crippen MR) is 66.0 cm³/mol. The molecule has 0 fully saturated rings. The molecule has 1 unspecified atom stereocenters. The summed E-state index contributed by atoms with van der Waals surface area (Å²) in [5.74, 6) is 1.69. The number of benzene rings is 1. The maximum absolute atomic E-state index is 6.00. The third kappa shape index (κ3) is 1.78. The van der Waals surface area contributed by atoms with Gasteiger partial charge in [0.25, 0.3) is 0 Å². The van der Waals surface area contributed by atoms with Crippen LogP contribution in [0.25, 0.3) is 11.4 Å². The molecule has 5 heteroatoms. The van der Waals surface area contributed by atoms with Crippen LogP contribution < -0.4 is 11.5 Å². The first-order chi connectivity index (χ1) is 8.24. The molecule has 0 saturated heterocycles. The Morgan fingerprint density at radius 3 is 3.00 bits per heavy atom. The summed E-state index contributed by atoms with van der Waals surface area (Å²) in [7, 11) is 0. The Bertz CT molecular complexity index is 546. The first-order valence-electron chi connectivity index (χ1n) is 5.81. The van der Waals surface area contributed by atoms with Gasteiger partial charge in [0.2, 0.25) is 0 Å². The smallest absolute Gasteiger partial charge is 0.181 e. The number of rotatable bonds is 1. The Balaban J connectivity index is 2.05. The van der Waals surface area contributed by atoms with Gasteiger partial charge in [0.05, 0.1) is 0 Å². The van der Waals surface area contributed by atoms with E-state index in [1.807, 2.05) is 28.9 Å². The summed E-state index contributed by atoms with van der Waals surface area (Å²) in [4.78, 5) is 4.53. The van der Waals surface area contributed by atoms with Crippen LogP contribution in [0.5, 0.6) is 0 Å². The molecule has 0 saturated carbocycles. The van der Waals surface area contributed by atoms with Gasteiger partial charge in [-0.05, 0) is 25.0 Å². The number of hydrogen-bond acceptors (Lipinski definition) is 4. The van der Waals surface area contributed by atoms with Crippen LogP contribution in [0.1, 0.15) is 24.8 Å². The van der Waals surface area contributed by atoms with Gasteiger partial charge in [0, 0.05) is 17.7 Å². The van der Waals surface area contributed by atoms with Gasteiger partial charge in [-0.1, -0.05) is 12.1 Å². The number of anilines is 1. The summed E-state index contributed by atoms with van der Waals surface area (Å²) in [5, 5.41) is 4.47. The number of aryl methyl sites for hydroxylation is 1. The van der Waals surface area contributed by atoms with E-state index >= 15 is 0 Å². The van der Waals surface area contributed by atoms with E-state index in [1.54, 1.807) is 0 Å². The van der Waals surface area contributed by atoms with Crippen LogP contribution in [0.4, 0.5) is 5.69 Å². The molecule has 0 spiro atoms. The molecule has 0 bridgehead atoms. The van der Waals surface area contributed by atoms with Crippen LogP contribution in [0, 0.1) is 0 Å². The third-order valence-corrected chi connectivity index (χ3v) is 3.06. The van der Waals surface area contributed by atoms with Crippen molar-refractivity contribution in [2.75, 3.05) is 5.73 Å². The lowest BCUT2D eigenvalue weighted by molar-refractivity contribution is 0.373. The molecule has 1 aliphatic rings. The van der Waals surface area contributed by atoms with Crippen molar-refractivity contribution in [3.05, 3.63) is 30.1 Å². The molecule has 0 aliphatic carbocycles. The lowest BCUT2D eigenvalue weighted by Gasteiger charge is -2.18. The highest BCUT2D eigenvalue weighted by molar-refractivity contribution is 5.60. The van der Waals surface area contributed by atoms with E-state index in [0.717, 1.165) is 36.3 Å². The van der Waals surface area contributed by atoms with Crippen molar-refractivity contribution in [1.82, 2.24) is 14.8 Å². The molecule has 0 amide bonds. The van der Waals surface area contributed by atoms with Gasteiger partial charge in [-0.25, -0.2) is 9.67 Å². The van der Waals surface area contributed by atoms with E-state index in [-0.39, 0.29) is 6.17 Å². The zero-order valence-corrected chi connectivity index (χ0v) is 9.50. The second kappa shape index (κ2) is 3.85. The Morgan fingerprint density at radius 1 is 1.35 bits per heavy atom. The van der Waals surface area contributed by atoms with Crippen LogP contribution >= 0.6 is 0 Å². The first-order valence-corrected chi connectivity index (χ1v) is 5.81. The Morgan fingerprint density at radius 2 is 2.24 bits per heavy atom. The van der Waals surface area contributed by atoms with E-state index < -0.39 is 0 Å². The third-order valence-electron chi connectivity index (χ3n) is 3.06. The zero-order valence-electron chi connectivity index (χ0n) is 9.50. The number of aromatic nitrogens is 3. The van der Waals surface area contributed by atoms with Crippen LogP contribution in [0.15, 0.2) is 24.3 Å². The summed E-state index contributed by atoms with van der Waals surface area (Å²) < 4.78 is 1.84. The van der Waals surface area contributed by atoms with Crippen LogP contribution in [0.3, 0.4) is 0 Å².